The number of esters is 1. The van der Waals surface area contributed by atoms with Gasteiger partial charge < -0.3 is 9.47 Å². The lowest BCUT2D eigenvalue weighted by molar-refractivity contribution is -0.137. The van der Waals surface area contributed by atoms with Crippen LogP contribution in [0.5, 0.6) is 5.75 Å². The Labute approximate surface area is 107 Å². The van der Waals surface area contributed by atoms with Gasteiger partial charge in [0.15, 0.2) is 11.6 Å². The highest BCUT2D eigenvalue weighted by molar-refractivity contribution is 9.10. The van der Waals surface area contributed by atoms with Crippen LogP contribution in [0.3, 0.4) is 0 Å². The third-order valence-electron chi connectivity index (χ3n) is 1.77. The fourth-order valence-corrected chi connectivity index (χ4v) is 1.40. The Morgan fingerprint density at radius 3 is 2.94 bits per heavy atom. The van der Waals surface area contributed by atoms with E-state index in [1.165, 1.54) is 24.3 Å². The normalized spacial score (nSPS) is 10.5. The van der Waals surface area contributed by atoms with Crippen LogP contribution >= 0.6 is 15.9 Å². The molecule has 0 bridgehead atoms. The van der Waals surface area contributed by atoms with Gasteiger partial charge in [-0.3, -0.25) is 0 Å². The van der Waals surface area contributed by atoms with Gasteiger partial charge in [0.05, 0.1) is 6.61 Å². The topological polar surface area (TPSA) is 35.5 Å². The van der Waals surface area contributed by atoms with E-state index in [2.05, 4.69) is 20.7 Å². The van der Waals surface area contributed by atoms with Crippen molar-refractivity contribution in [2.45, 2.75) is 6.92 Å². The van der Waals surface area contributed by atoms with E-state index in [1.807, 2.05) is 0 Å². The van der Waals surface area contributed by atoms with E-state index in [-0.39, 0.29) is 12.4 Å². The largest absolute Gasteiger partial charge is 0.486 e. The molecule has 0 aliphatic carbocycles. The van der Waals surface area contributed by atoms with Gasteiger partial charge >= 0.3 is 5.97 Å². The summed E-state index contributed by atoms with van der Waals surface area (Å²) < 4.78 is 23.7. The van der Waals surface area contributed by atoms with Crippen LogP contribution in [0.1, 0.15) is 6.92 Å². The van der Waals surface area contributed by atoms with Crippen LogP contribution in [0.4, 0.5) is 4.39 Å². The van der Waals surface area contributed by atoms with Crippen LogP contribution in [0.2, 0.25) is 0 Å². The summed E-state index contributed by atoms with van der Waals surface area (Å²) in [6.45, 7) is 2.15. The molecule has 0 amide bonds. The summed E-state index contributed by atoms with van der Waals surface area (Å²) in [7, 11) is 0. The van der Waals surface area contributed by atoms with Crippen molar-refractivity contribution < 1.29 is 18.7 Å². The lowest BCUT2D eigenvalue weighted by Gasteiger charge is -2.04. The minimum atomic E-state index is -0.455. The van der Waals surface area contributed by atoms with Crippen LogP contribution in [0, 0.1) is 5.82 Å². The molecule has 0 unspecified atom stereocenters. The summed E-state index contributed by atoms with van der Waals surface area (Å²) in [4.78, 5) is 10.9. The standard InChI is InChI=1S/C12H12BrFO3/c1-2-16-12(15)4-3-7-17-11-6-5-9(13)8-10(11)14/h3-6,8H,2,7H2,1H3/b4-3+. The van der Waals surface area contributed by atoms with Gasteiger partial charge in [0.2, 0.25) is 0 Å². The first kappa shape index (κ1) is 13.7. The second-order valence-corrected chi connectivity index (χ2v) is 3.96. The molecule has 0 aliphatic rings. The zero-order valence-electron chi connectivity index (χ0n) is 9.28. The Kier molecular flexibility index (Phi) is 5.69. The number of halogens is 2. The molecule has 0 fully saturated rings. The highest BCUT2D eigenvalue weighted by atomic mass is 79.9. The van der Waals surface area contributed by atoms with Crippen LogP contribution in [-0.2, 0) is 9.53 Å². The minimum absolute atomic E-state index is 0.108. The van der Waals surface area contributed by atoms with E-state index in [4.69, 9.17) is 4.74 Å². The van der Waals surface area contributed by atoms with Gasteiger partial charge in [0, 0.05) is 10.5 Å². The monoisotopic (exact) mass is 302 g/mol. The molecule has 0 aromatic heterocycles. The highest BCUT2D eigenvalue weighted by Crippen LogP contribution is 2.21. The third kappa shape index (κ3) is 4.99. The summed E-state index contributed by atoms with van der Waals surface area (Å²) in [6, 6.07) is 4.50. The van der Waals surface area contributed by atoms with Gasteiger partial charge in [-0.05, 0) is 31.2 Å². The fraction of sp³-hybridized carbons (Fsp3) is 0.250. The van der Waals surface area contributed by atoms with Crippen molar-refractivity contribution in [2.24, 2.45) is 0 Å². The number of hydrogen-bond acceptors (Lipinski definition) is 3. The second-order valence-electron chi connectivity index (χ2n) is 3.04. The van der Waals surface area contributed by atoms with Crippen molar-refractivity contribution in [1.29, 1.82) is 0 Å². The van der Waals surface area contributed by atoms with Crippen LogP contribution < -0.4 is 4.74 Å². The maximum absolute atomic E-state index is 13.3. The highest BCUT2D eigenvalue weighted by Gasteiger charge is 2.02. The number of ether oxygens (including phenoxy) is 2. The van der Waals surface area contributed by atoms with Gasteiger partial charge in [-0.2, -0.15) is 0 Å². The van der Waals surface area contributed by atoms with Crippen LogP contribution in [0.25, 0.3) is 0 Å². The Bertz CT molecular complexity index is 418. The molecule has 0 radical (unpaired) electrons. The third-order valence-corrected chi connectivity index (χ3v) is 2.26. The minimum Gasteiger partial charge on any atom is -0.486 e. The molecule has 0 saturated heterocycles. The van der Waals surface area contributed by atoms with E-state index in [1.54, 1.807) is 13.0 Å². The van der Waals surface area contributed by atoms with Crippen molar-refractivity contribution in [3.8, 4) is 5.75 Å². The van der Waals surface area contributed by atoms with Gasteiger partial charge in [-0.15, -0.1) is 0 Å². The average Bonchev–Trinajstić information content (AvgIpc) is 2.27. The quantitative estimate of drug-likeness (QED) is 0.619. The lowest BCUT2D eigenvalue weighted by Crippen LogP contribution is -2.01. The predicted molar refractivity (Wildman–Crippen MR) is 65.4 cm³/mol. The smallest absolute Gasteiger partial charge is 0.330 e. The van der Waals surface area contributed by atoms with Gasteiger partial charge in [0.1, 0.15) is 6.61 Å². The molecule has 1 aromatic rings. The number of hydrogen-bond donors (Lipinski definition) is 0. The number of carbonyl (C=O) groups excluding carboxylic acids is 1. The Balaban J connectivity index is 2.43. The van der Waals surface area contributed by atoms with Crippen molar-refractivity contribution in [3.05, 3.63) is 40.6 Å². The van der Waals surface area contributed by atoms with Crippen molar-refractivity contribution >= 4 is 21.9 Å². The predicted octanol–water partition coefficient (Wildman–Crippen LogP) is 3.09. The summed E-state index contributed by atoms with van der Waals surface area (Å²) in [6.07, 6.45) is 2.72. The molecule has 3 nitrogen and oxygen atoms in total. The summed E-state index contributed by atoms with van der Waals surface area (Å²) in [5.74, 6) is -0.752. The maximum atomic E-state index is 13.3. The second kappa shape index (κ2) is 7.06. The lowest BCUT2D eigenvalue weighted by atomic mass is 10.3. The number of carbonyl (C=O) groups is 1. The molecule has 1 aromatic carbocycles. The molecule has 92 valence electrons. The van der Waals surface area contributed by atoms with Crippen molar-refractivity contribution in [1.82, 2.24) is 0 Å². The van der Waals surface area contributed by atoms with Crippen molar-refractivity contribution in [3.63, 3.8) is 0 Å². The molecule has 0 heterocycles. The summed E-state index contributed by atoms with van der Waals surface area (Å²) >= 11 is 3.14. The fourth-order valence-electron chi connectivity index (χ4n) is 1.06. The van der Waals surface area contributed by atoms with E-state index >= 15 is 0 Å². The number of benzene rings is 1. The molecule has 1 rings (SSSR count). The molecular weight excluding hydrogens is 291 g/mol. The average molecular weight is 303 g/mol. The first-order chi connectivity index (χ1) is 8.13. The van der Waals surface area contributed by atoms with Crippen molar-refractivity contribution in [2.75, 3.05) is 13.2 Å². The summed E-state index contributed by atoms with van der Waals surface area (Å²) in [5.41, 5.74) is 0. The molecule has 0 atom stereocenters. The van der Waals surface area contributed by atoms with E-state index in [0.717, 1.165) is 0 Å². The van der Waals surface area contributed by atoms with Crippen LogP contribution in [-0.4, -0.2) is 19.2 Å². The van der Waals surface area contributed by atoms with Gasteiger partial charge in [-0.25, -0.2) is 9.18 Å². The van der Waals surface area contributed by atoms with Gasteiger partial charge in [0.25, 0.3) is 0 Å². The molecule has 17 heavy (non-hydrogen) atoms. The summed E-state index contributed by atoms with van der Waals surface area (Å²) in [5, 5.41) is 0. The molecule has 0 spiro atoms. The zero-order chi connectivity index (χ0) is 12.7. The zero-order valence-corrected chi connectivity index (χ0v) is 10.9. The van der Waals surface area contributed by atoms with Crippen LogP contribution in [0.15, 0.2) is 34.8 Å². The number of rotatable bonds is 5. The first-order valence-electron chi connectivity index (χ1n) is 5.04. The maximum Gasteiger partial charge on any atom is 0.330 e. The first-order valence-corrected chi connectivity index (χ1v) is 5.84. The molecule has 5 heteroatoms. The SMILES string of the molecule is CCOC(=O)/C=C/COc1ccc(Br)cc1F. The molecule has 0 aliphatic heterocycles. The Morgan fingerprint density at radius 2 is 2.29 bits per heavy atom. The Hall–Kier alpha value is -1.36. The molecular formula is C12H12BrFO3. The van der Waals surface area contributed by atoms with E-state index < -0.39 is 11.8 Å². The van der Waals surface area contributed by atoms with Gasteiger partial charge in [-0.1, -0.05) is 15.9 Å². The molecule has 0 saturated carbocycles. The Morgan fingerprint density at radius 1 is 1.53 bits per heavy atom. The van der Waals surface area contributed by atoms with E-state index in [9.17, 15) is 9.18 Å². The molecule has 0 N–H and O–H groups in total. The van der Waals surface area contributed by atoms with E-state index in [0.29, 0.717) is 11.1 Å².